The quantitative estimate of drug-likeness (QED) is 0.735. The van der Waals surface area contributed by atoms with Crippen molar-refractivity contribution in [3.8, 4) is 0 Å². The average molecular weight is 252 g/mol. The minimum Gasteiger partial charge on any atom is -0.378 e. The van der Waals surface area contributed by atoms with Gasteiger partial charge in [-0.15, -0.1) is 0 Å². The lowest BCUT2D eigenvalue weighted by atomic mass is 10.3. The van der Waals surface area contributed by atoms with Gasteiger partial charge in [0, 0.05) is 45.8 Å². The van der Waals surface area contributed by atoms with E-state index in [9.17, 15) is 4.79 Å². The Morgan fingerprint density at radius 1 is 1.50 bits per heavy atom. The molecule has 1 aliphatic heterocycles. The Morgan fingerprint density at radius 3 is 2.94 bits per heavy atom. The number of morpholine rings is 1. The standard InChI is InChI=1S/C12H20N4O2/c1-15-10-14-9-11(15)8-13-3-2-12(17)16-4-6-18-7-5-16/h9-10,13H,2-8H2,1H3. The Balaban J connectivity index is 1.63. The third-order valence-electron chi connectivity index (χ3n) is 3.10. The SMILES string of the molecule is Cn1cncc1CNCCC(=O)N1CCOCC1. The van der Waals surface area contributed by atoms with E-state index in [1.165, 1.54) is 0 Å². The zero-order valence-corrected chi connectivity index (χ0v) is 10.8. The van der Waals surface area contributed by atoms with Gasteiger partial charge < -0.3 is 19.5 Å². The highest BCUT2D eigenvalue weighted by Gasteiger charge is 2.15. The fourth-order valence-electron chi connectivity index (χ4n) is 1.94. The van der Waals surface area contributed by atoms with Crippen LogP contribution in [0.2, 0.25) is 0 Å². The summed E-state index contributed by atoms with van der Waals surface area (Å²) < 4.78 is 7.19. The number of aryl methyl sites for hydroxylation is 1. The van der Waals surface area contributed by atoms with Gasteiger partial charge in [-0.25, -0.2) is 4.98 Å². The molecule has 1 fully saturated rings. The Labute approximate surface area is 107 Å². The van der Waals surface area contributed by atoms with Crippen molar-refractivity contribution in [1.29, 1.82) is 0 Å². The molecule has 1 saturated heterocycles. The molecule has 0 aromatic carbocycles. The summed E-state index contributed by atoms with van der Waals surface area (Å²) in [5.74, 6) is 0.204. The second-order valence-electron chi connectivity index (χ2n) is 4.42. The van der Waals surface area contributed by atoms with E-state index in [0.717, 1.165) is 25.3 Å². The van der Waals surface area contributed by atoms with E-state index >= 15 is 0 Å². The maximum absolute atomic E-state index is 11.8. The topological polar surface area (TPSA) is 59.4 Å². The predicted octanol–water partition coefficient (Wildman–Crippen LogP) is -0.241. The molecule has 6 heteroatoms. The fraction of sp³-hybridized carbons (Fsp3) is 0.667. The molecule has 1 aromatic heterocycles. The van der Waals surface area contributed by atoms with Crippen molar-refractivity contribution in [1.82, 2.24) is 19.8 Å². The van der Waals surface area contributed by atoms with Crippen LogP contribution in [-0.4, -0.2) is 53.2 Å². The van der Waals surface area contributed by atoms with Crippen LogP contribution in [0, 0.1) is 0 Å². The Morgan fingerprint density at radius 2 is 2.28 bits per heavy atom. The Hall–Kier alpha value is -1.40. The van der Waals surface area contributed by atoms with Crippen LogP contribution in [0.3, 0.4) is 0 Å². The predicted molar refractivity (Wildman–Crippen MR) is 66.9 cm³/mol. The van der Waals surface area contributed by atoms with Crippen LogP contribution >= 0.6 is 0 Å². The normalized spacial score (nSPS) is 15.9. The first kappa shape index (κ1) is 13.0. The zero-order chi connectivity index (χ0) is 12.8. The third kappa shape index (κ3) is 3.54. The van der Waals surface area contributed by atoms with E-state index < -0.39 is 0 Å². The lowest BCUT2D eigenvalue weighted by Gasteiger charge is -2.26. The minimum atomic E-state index is 0.204. The van der Waals surface area contributed by atoms with Gasteiger partial charge in [0.05, 0.1) is 25.2 Å². The van der Waals surface area contributed by atoms with E-state index in [1.54, 1.807) is 6.33 Å². The van der Waals surface area contributed by atoms with Gasteiger partial charge in [-0.2, -0.15) is 0 Å². The van der Waals surface area contributed by atoms with E-state index in [0.29, 0.717) is 26.2 Å². The number of amides is 1. The van der Waals surface area contributed by atoms with Gasteiger partial charge in [0.1, 0.15) is 0 Å². The van der Waals surface area contributed by atoms with Crippen LogP contribution in [0.4, 0.5) is 0 Å². The summed E-state index contributed by atoms with van der Waals surface area (Å²) in [6, 6.07) is 0. The molecular formula is C12H20N4O2. The lowest BCUT2D eigenvalue weighted by Crippen LogP contribution is -2.41. The molecule has 1 aliphatic rings. The number of hydrogen-bond acceptors (Lipinski definition) is 4. The molecule has 1 amide bonds. The Bertz CT molecular complexity index is 385. The van der Waals surface area contributed by atoms with E-state index in [2.05, 4.69) is 10.3 Å². The molecule has 100 valence electrons. The monoisotopic (exact) mass is 252 g/mol. The van der Waals surface area contributed by atoms with Gasteiger partial charge in [-0.05, 0) is 0 Å². The molecule has 2 rings (SSSR count). The molecule has 2 heterocycles. The number of ether oxygens (including phenoxy) is 1. The maximum atomic E-state index is 11.8. The number of nitrogens with zero attached hydrogens (tertiary/aromatic N) is 3. The first-order valence-corrected chi connectivity index (χ1v) is 6.29. The summed E-state index contributed by atoms with van der Waals surface area (Å²) in [6.45, 7) is 4.21. The van der Waals surface area contributed by atoms with Crippen LogP contribution in [-0.2, 0) is 23.1 Å². The zero-order valence-electron chi connectivity index (χ0n) is 10.8. The van der Waals surface area contributed by atoms with E-state index in [1.807, 2.05) is 22.7 Å². The molecule has 0 unspecified atom stereocenters. The molecule has 0 saturated carbocycles. The molecule has 18 heavy (non-hydrogen) atoms. The molecule has 0 atom stereocenters. The van der Waals surface area contributed by atoms with Crippen molar-refractivity contribution in [3.05, 3.63) is 18.2 Å². The molecule has 6 nitrogen and oxygen atoms in total. The van der Waals surface area contributed by atoms with Gasteiger partial charge in [-0.1, -0.05) is 0 Å². The number of carbonyl (C=O) groups is 1. The van der Waals surface area contributed by atoms with Gasteiger partial charge in [0.15, 0.2) is 0 Å². The van der Waals surface area contributed by atoms with Crippen molar-refractivity contribution in [3.63, 3.8) is 0 Å². The fourth-order valence-corrected chi connectivity index (χ4v) is 1.94. The molecule has 1 N–H and O–H groups in total. The Kier molecular flexibility index (Phi) is 4.72. The highest BCUT2D eigenvalue weighted by atomic mass is 16.5. The number of rotatable bonds is 5. The summed E-state index contributed by atoms with van der Waals surface area (Å²) in [5.41, 5.74) is 1.12. The number of carbonyl (C=O) groups excluding carboxylic acids is 1. The first-order valence-electron chi connectivity index (χ1n) is 6.29. The smallest absolute Gasteiger partial charge is 0.224 e. The average Bonchev–Trinajstić information content (AvgIpc) is 2.81. The summed E-state index contributed by atoms with van der Waals surface area (Å²) >= 11 is 0. The van der Waals surface area contributed by atoms with Crippen molar-refractivity contribution in [2.75, 3.05) is 32.8 Å². The maximum Gasteiger partial charge on any atom is 0.224 e. The molecule has 1 aromatic rings. The summed E-state index contributed by atoms with van der Waals surface area (Å²) in [7, 11) is 1.96. The van der Waals surface area contributed by atoms with Crippen molar-refractivity contribution in [2.24, 2.45) is 7.05 Å². The van der Waals surface area contributed by atoms with Gasteiger partial charge >= 0.3 is 0 Å². The van der Waals surface area contributed by atoms with Crippen LogP contribution in [0.15, 0.2) is 12.5 Å². The highest BCUT2D eigenvalue weighted by molar-refractivity contribution is 5.76. The molecule has 0 aliphatic carbocycles. The van der Waals surface area contributed by atoms with Crippen molar-refractivity contribution >= 4 is 5.91 Å². The van der Waals surface area contributed by atoms with Crippen LogP contribution in [0.5, 0.6) is 0 Å². The highest BCUT2D eigenvalue weighted by Crippen LogP contribution is 2.00. The van der Waals surface area contributed by atoms with E-state index in [4.69, 9.17) is 4.74 Å². The summed E-state index contributed by atoms with van der Waals surface area (Å²) in [4.78, 5) is 17.8. The third-order valence-corrected chi connectivity index (χ3v) is 3.10. The van der Waals surface area contributed by atoms with Gasteiger partial charge in [0.2, 0.25) is 5.91 Å². The largest absolute Gasteiger partial charge is 0.378 e. The molecule has 0 radical (unpaired) electrons. The molecule has 0 bridgehead atoms. The lowest BCUT2D eigenvalue weighted by molar-refractivity contribution is -0.135. The number of hydrogen-bond donors (Lipinski definition) is 1. The molecule has 0 spiro atoms. The van der Waals surface area contributed by atoms with Gasteiger partial charge in [0.25, 0.3) is 0 Å². The summed E-state index contributed by atoms with van der Waals surface area (Å²) in [6.07, 6.45) is 4.14. The number of imidazole rings is 1. The second-order valence-corrected chi connectivity index (χ2v) is 4.42. The van der Waals surface area contributed by atoms with Crippen LogP contribution < -0.4 is 5.32 Å². The summed E-state index contributed by atoms with van der Waals surface area (Å²) in [5, 5.41) is 3.26. The van der Waals surface area contributed by atoms with Crippen LogP contribution in [0.1, 0.15) is 12.1 Å². The van der Waals surface area contributed by atoms with E-state index in [-0.39, 0.29) is 5.91 Å². The van der Waals surface area contributed by atoms with Gasteiger partial charge in [-0.3, -0.25) is 4.79 Å². The van der Waals surface area contributed by atoms with Crippen LogP contribution in [0.25, 0.3) is 0 Å². The minimum absolute atomic E-state index is 0.204. The second kappa shape index (κ2) is 6.51. The first-order chi connectivity index (χ1) is 8.77. The van der Waals surface area contributed by atoms with Crippen molar-refractivity contribution < 1.29 is 9.53 Å². The molecular weight excluding hydrogens is 232 g/mol. The number of nitrogens with one attached hydrogen (secondary N) is 1. The number of aromatic nitrogens is 2. The van der Waals surface area contributed by atoms with Crippen molar-refractivity contribution in [2.45, 2.75) is 13.0 Å².